The summed E-state index contributed by atoms with van der Waals surface area (Å²) in [4.78, 5) is 18.7. The fourth-order valence-corrected chi connectivity index (χ4v) is 2.72. The summed E-state index contributed by atoms with van der Waals surface area (Å²) in [6.45, 7) is 4.24. The number of piperidine rings is 1. The van der Waals surface area contributed by atoms with Crippen LogP contribution < -0.4 is 15.5 Å². The Morgan fingerprint density at radius 2 is 2.17 bits per heavy atom. The average Bonchev–Trinajstić information content (AvgIpc) is 2.99. The zero-order valence-electron chi connectivity index (χ0n) is 13.2. The summed E-state index contributed by atoms with van der Waals surface area (Å²) in [5.74, 6) is 2.02. The highest BCUT2D eigenvalue weighted by atomic mass is 16.5. The molecule has 0 radical (unpaired) electrons. The van der Waals surface area contributed by atoms with E-state index in [0.29, 0.717) is 18.1 Å². The van der Waals surface area contributed by atoms with Gasteiger partial charge in [0.15, 0.2) is 5.82 Å². The first kappa shape index (κ1) is 15.3. The number of nitrogens with zero attached hydrogens (tertiary/aromatic N) is 3. The number of rotatable bonds is 4. The van der Waals surface area contributed by atoms with Gasteiger partial charge in [-0.1, -0.05) is 11.2 Å². The molecular formula is C16H21N5O2. The van der Waals surface area contributed by atoms with Crippen LogP contribution in [0.5, 0.6) is 0 Å². The molecule has 1 aliphatic heterocycles. The summed E-state index contributed by atoms with van der Waals surface area (Å²) in [5, 5.41) is 9.22. The minimum atomic E-state index is -0.313. The predicted octanol–water partition coefficient (Wildman–Crippen LogP) is 2.69. The maximum absolute atomic E-state index is 11.9. The van der Waals surface area contributed by atoms with Gasteiger partial charge in [-0.3, -0.25) is 5.32 Å². The van der Waals surface area contributed by atoms with E-state index in [1.165, 1.54) is 19.3 Å². The van der Waals surface area contributed by atoms with Crippen LogP contribution in [0.3, 0.4) is 0 Å². The van der Waals surface area contributed by atoms with Crippen molar-refractivity contribution in [1.82, 2.24) is 15.5 Å². The molecule has 0 aliphatic carbocycles. The number of amides is 2. The number of hydrogen-bond donors (Lipinski definition) is 2. The van der Waals surface area contributed by atoms with Crippen molar-refractivity contribution in [3.8, 4) is 0 Å². The van der Waals surface area contributed by atoms with Crippen LogP contribution in [0.15, 0.2) is 28.9 Å². The largest absolute Gasteiger partial charge is 0.360 e. The molecule has 0 bridgehead atoms. The lowest BCUT2D eigenvalue weighted by Gasteiger charge is -2.29. The van der Waals surface area contributed by atoms with E-state index in [0.717, 1.165) is 24.5 Å². The van der Waals surface area contributed by atoms with E-state index in [9.17, 15) is 4.79 Å². The van der Waals surface area contributed by atoms with E-state index < -0.39 is 0 Å². The molecule has 1 saturated heterocycles. The molecule has 0 aromatic carbocycles. The lowest BCUT2D eigenvalue weighted by atomic mass is 10.1. The SMILES string of the molecule is Cc1cc(NC(=O)NCc2cccnc2N2CCCCC2)no1. The quantitative estimate of drug-likeness (QED) is 0.906. The summed E-state index contributed by atoms with van der Waals surface area (Å²) in [7, 11) is 0. The Morgan fingerprint density at radius 3 is 2.91 bits per heavy atom. The standard InChI is InChI=1S/C16H21N5O2/c1-12-10-14(20-23-12)19-16(22)18-11-13-6-5-7-17-15(13)21-8-3-2-4-9-21/h5-7,10H,2-4,8-9,11H2,1H3,(H2,18,19,20,22). The molecule has 122 valence electrons. The first-order chi connectivity index (χ1) is 11.2. The van der Waals surface area contributed by atoms with Crippen molar-refractivity contribution in [2.75, 3.05) is 23.3 Å². The average molecular weight is 315 g/mol. The number of aromatic nitrogens is 2. The van der Waals surface area contributed by atoms with Crippen LogP contribution in [0.4, 0.5) is 16.4 Å². The first-order valence-corrected chi connectivity index (χ1v) is 7.89. The summed E-state index contributed by atoms with van der Waals surface area (Å²) in [6, 6.07) is 5.25. The van der Waals surface area contributed by atoms with Crippen molar-refractivity contribution in [2.24, 2.45) is 0 Å². The molecule has 23 heavy (non-hydrogen) atoms. The van der Waals surface area contributed by atoms with Crippen molar-refractivity contribution < 1.29 is 9.32 Å². The van der Waals surface area contributed by atoms with Gasteiger partial charge in [0.25, 0.3) is 0 Å². The van der Waals surface area contributed by atoms with E-state index in [-0.39, 0.29) is 6.03 Å². The van der Waals surface area contributed by atoms with E-state index in [4.69, 9.17) is 4.52 Å². The maximum Gasteiger partial charge on any atom is 0.320 e. The molecule has 7 heteroatoms. The smallest absolute Gasteiger partial charge is 0.320 e. The molecular weight excluding hydrogens is 294 g/mol. The molecule has 1 aliphatic rings. The predicted molar refractivity (Wildman–Crippen MR) is 87.4 cm³/mol. The van der Waals surface area contributed by atoms with Crippen LogP contribution in [0, 0.1) is 6.92 Å². The normalized spacial score (nSPS) is 14.6. The second-order valence-corrected chi connectivity index (χ2v) is 5.66. The monoisotopic (exact) mass is 315 g/mol. The second kappa shape index (κ2) is 7.13. The zero-order valence-corrected chi connectivity index (χ0v) is 13.2. The van der Waals surface area contributed by atoms with Crippen molar-refractivity contribution >= 4 is 17.7 Å². The number of anilines is 2. The molecule has 0 atom stereocenters. The van der Waals surface area contributed by atoms with Crippen LogP contribution in [-0.4, -0.2) is 29.3 Å². The topological polar surface area (TPSA) is 83.3 Å². The number of urea groups is 1. The third-order valence-corrected chi connectivity index (χ3v) is 3.83. The van der Waals surface area contributed by atoms with Crippen molar-refractivity contribution in [3.05, 3.63) is 35.7 Å². The Labute approximate surface area is 135 Å². The van der Waals surface area contributed by atoms with Crippen molar-refractivity contribution in [2.45, 2.75) is 32.7 Å². The molecule has 0 unspecified atom stereocenters. The van der Waals surface area contributed by atoms with Gasteiger partial charge in [0.05, 0.1) is 0 Å². The summed E-state index contributed by atoms with van der Waals surface area (Å²) < 4.78 is 4.92. The van der Waals surface area contributed by atoms with Crippen molar-refractivity contribution in [3.63, 3.8) is 0 Å². The lowest BCUT2D eigenvalue weighted by Crippen LogP contribution is -2.33. The minimum absolute atomic E-state index is 0.313. The molecule has 2 N–H and O–H groups in total. The highest BCUT2D eigenvalue weighted by molar-refractivity contribution is 5.88. The highest BCUT2D eigenvalue weighted by Gasteiger charge is 2.16. The van der Waals surface area contributed by atoms with Gasteiger partial charge in [-0.05, 0) is 32.3 Å². The Morgan fingerprint density at radius 1 is 1.35 bits per heavy atom. The number of nitrogens with one attached hydrogen (secondary N) is 2. The molecule has 1 fully saturated rings. The summed E-state index contributed by atoms with van der Waals surface area (Å²) in [6.07, 6.45) is 5.45. The van der Waals surface area contributed by atoms with Gasteiger partial charge in [-0.15, -0.1) is 0 Å². The Hall–Kier alpha value is -2.57. The van der Waals surface area contributed by atoms with Crippen LogP contribution in [0.25, 0.3) is 0 Å². The van der Waals surface area contributed by atoms with Crippen LogP contribution in [0.2, 0.25) is 0 Å². The van der Waals surface area contributed by atoms with Crippen LogP contribution >= 0.6 is 0 Å². The first-order valence-electron chi connectivity index (χ1n) is 7.89. The van der Waals surface area contributed by atoms with Gasteiger partial charge < -0.3 is 14.7 Å². The fourth-order valence-electron chi connectivity index (χ4n) is 2.72. The minimum Gasteiger partial charge on any atom is -0.360 e. The Kier molecular flexibility index (Phi) is 4.75. The molecule has 2 amide bonds. The van der Waals surface area contributed by atoms with E-state index in [1.54, 1.807) is 19.2 Å². The van der Waals surface area contributed by atoms with Gasteiger partial charge in [0.2, 0.25) is 0 Å². The number of hydrogen-bond acceptors (Lipinski definition) is 5. The van der Waals surface area contributed by atoms with Crippen LogP contribution in [-0.2, 0) is 6.54 Å². The number of pyridine rings is 1. The van der Waals surface area contributed by atoms with Crippen molar-refractivity contribution in [1.29, 1.82) is 0 Å². The van der Waals surface area contributed by atoms with E-state index in [1.807, 2.05) is 12.1 Å². The fraction of sp³-hybridized carbons (Fsp3) is 0.438. The summed E-state index contributed by atoms with van der Waals surface area (Å²) >= 11 is 0. The highest BCUT2D eigenvalue weighted by Crippen LogP contribution is 2.21. The molecule has 3 heterocycles. The molecule has 7 nitrogen and oxygen atoms in total. The second-order valence-electron chi connectivity index (χ2n) is 5.66. The zero-order chi connectivity index (χ0) is 16.1. The number of carbonyl (C=O) groups excluding carboxylic acids is 1. The summed E-state index contributed by atoms with van der Waals surface area (Å²) in [5.41, 5.74) is 1.01. The Bertz CT molecular complexity index is 664. The van der Waals surface area contributed by atoms with Gasteiger partial charge in [0, 0.05) is 37.5 Å². The molecule has 0 saturated carbocycles. The third kappa shape index (κ3) is 4.00. The molecule has 0 spiro atoms. The molecule has 3 rings (SSSR count). The number of aryl methyl sites for hydroxylation is 1. The van der Waals surface area contributed by atoms with Gasteiger partial charge >= 0.3 is 6.03 Å². The van der Waals surface area contributed by atoms with E-state index in [2.05, 4.69) is 25.7 Å². The van der Waals surface area contributed by atoms with Crippen LogP contribution in [0.1, 0.15) is 30.6 Å². The molecule has 2 aromatic heterocycles. The Balaban J connectivity index is 1.60. The number of carbonyl (C=O) groups is 1. The maximum atomic E-state index is 11.9. The van der Waals surface area contributed by atoms with Gasteiger partial charge in [0.1, 0.15) is 11.6 Å². The van der Waals surface area contributed by atoms with E-state index >= 15 is 0 Å². The lowest BCUT2D eigenvalue weighted by molar-refractivity contribution is 0.251. The molecule has 2 aromatic rings. The van der Waals surface area contributed by atoms with Gasteiger partial charge in [-0.25, -0.2) is 9.78 Å². The van der Waals surface area contributed by atoms with Gasteiger partial charge in [-0.2, -0.15) is 0 Å². The third-order valence-electron chi connectivity index (χ3n) is 3.83.